The molecule has 40 heavy (non-hydrogen) atoms. The number of carbonyl (C=O) groups excluding carboxylic acids is 2. The normalized spacial score (nSPS) is 16.8. The number of carbonyl (C=O) groups is 2. The molecule has 0 aliphatic heterocycles. The Labute approximate surface area is 240 Å². The molecule has 0 bridgehead atoms. The van der Waals surface area contributed by atoms with Crippen LogP contribution in [0.5, 0.6) is 0 Å². The molecule has 0 saturated heterocycles. The lowest BCUT2D eigenvalue weighted by atomic mass is 9.77. The van der Waals surface area contributed by atoms with Crippen molar-refractivity contribution in [3.05, 3.63) is 64.2 Å². The zero-order chi connectivity index (χ0) is 29.0. The summed E-state index contributed by atoms with van der Waals surface area (Å²) in [5.74, 6) is 0.229. The third-order valence-electron chi connectivity index (χ3n) is 8.24. The Kier molecular flexibility index (Phi) is 9.52. The lowest BCUT2D eigenvalue weighted by Crippen LogP contribution is -2.57. The van der Waals surface area contributed by atoms with Crippen molar-refractivity contribution in [1.29, 1.82) is 0 Å². The number of ether oxygens (including phenoxy) is 1. The predicted octanol–water partition coefficient (Wildman–Crippen LogP) is 5.66. The Bertz CT molecular complexity index is 1360. The second kappa shape index (κ2) is 12.7. The first-order chi connectivity index (χ1) is 19.1. The van der Waals surface area contributed by atoms with Gasteiger partial charge < -0.3 is 20.4 Å². The molecule has 3 N–H and O–H groups in total. The van der Waals surface area contributed by atoms with Crippen LogP contribution in [0.4, 0.5) is 4.39 Å². The summed E-state index contributed by atoms with van der Waals surface area (Å²) in [5, 5.41) is 6.06. The van der Waals surface area contributed by atoms with Gasteiger partial charge in [0.05, 0.1) is 28.1 Å². The van der Waals surface area contributed by atoms with E-state index in [2.05, 4.69) is 29.5 Å². The van der Waals surface area contributed by atoms with Gasteiger partial charge in [-0.3, -0.25) is 9.59 Å². The zero-order valence-corrected chi connectivity index (χ0v) is 24.7. The molecule has 3 aromatic rings. The summed E-state index contributed by atoms with van der Waals surface area (Å²) in [6, 6.07) is 10.0. The summed E-state index contributed by atoms with van der Waals surface area (Å²) in [6.45, 7) is 8.52. The number of aromatic amines is 1. The molecule has 7 nitrogen and oxygen atoms in total. The van der Waals surface area contributed by atoms with Crippen LogP contribution in [0.1, 0.15) is 69.8 Å². The van der Waals surface area contributed by atoms with E-state index in [0.717, 1.165) is 47.2 Å². The molecule has 4 rings (SSSR count). The number of hydrogen-bond donors (Lipinski definition) is 3. The summed E-state index contributed by atoms with van der Waals surface area (Å²) < 4.78 is 19.7. The molecule has 216 valence electrons. The first kappa shape index (κ1) is 30.0. The number of amides is 2. The van der Waals surface area contributed by atoms with Crippen molar-refractivity contribution in [2.75, 3.05) is 20.3 Å². The predicted molar refractivity (Wildman–Crippen MR) is 156 cm³/mol. The topological polar surface area (TPSA) is 96.1 Å². The number of nitrogens with zero attached hydrogens (tertiary/aromatic N) is 1. The number of methoxy groups -OCH3 is 1. The summed E-state index contributed by atoms with van der Waals surface area (Å²) in [6.07, 6.45) is 3.46. The first-order valence-electron chi connectivity index (χ1n) is 14.1. The standard InChI is InChI=1S/C31H40ClFN4O3/c1-6-34-29(38)28(19-9-7-10-19)37-30(39)31(4,17-40-5)20-13-14-24-25(15-20)36-26(35-24)16-22(18(2)3)21-11-8-12-23(33)27(21)32/h8,11-15,18-19,22,28H,6-7,9-10,16-17H2,1-5H3,(H,34,38)(H,35,36)(H,37,39)/t22?,28-,31?/m1/s1. The van der Waals surface area contributed by atoms with Crippen LogP contribution in [-0.4, -0.2) is 48.1 Å². The highest BCUT2D eigenvalue weighted by Gasteiger charge is 2.41. The molecule has 1 fully saturated rings. The van der Waals surface area contributed by atoms with Crippen LogP contribution in [0, 0.1) is 17.7 Å². The van der Waals surface area contributed by atoms with Gasteiger partial charge in [0.2, 0.25) is 11.8 Å². The summed E-state index contributed by atoms with van der Waals surface area (Å²) in [4.78, 5) is 34.7. The van der Waals surface area contributed by atoms with E-state index in [1.54, 1.807) is 13.2 Å². The second-order valence-electron chi connectivity index (χ2n) is 11.4. The zero-order valence-electron chi connectivity index (χ0n) is 23.9. The van der Waals surface area contributed by atoms with Gasteiger partial charge in [-0.05, 0) is 73.8 Å². The molecule has 2 aromatic carbocycles. The fourth-order valence-electron chi connectivity index (χ4n) is 5.55. The molecule has 0 spiro atoms. The van der Waals surface area contributed by atoms with Gasteiger partial charge >= 0.3 is 0 Å². The van der Waals surface area contributed by atoms with Gasteiger partial charge in [0.15, 0.2) is 0 Å². The molecule has 0 radical (unpaired) electrons. The van der Waals surface area contributed by atoms with E-state index < -0.39 is 17.3 Å². The van der Waals surface area contributed by atoms with Gasteiger partial charge in [0.25, 0.3) is 0 Å². The fraction of sp³-hybridized carbons (Fsp3) is 0.516. The molecule has 9 heteroatoms. The molecule has 2 amide bonds. The molecule has 1 aliphatic rings. The van der Waals surface area contributed by atoms with E-state index in [4.69, 9.17) is 21.3 Å². The molecule has 1 saturated carbocycles. The average molecular weight is 571 g/mol. The number of imidazole rings is 1. The highest BCUT2D eigenvalue weighted by Crippen LogP contribution is 2.35. The fourth-order valence-corrected chi connectivity index (χ4v) is 5.81. The van der Waals surface area contributed by atoms with E-state index in [-0.39, 0.29) is 41.2 Å². The third-order valence-corrected chi connectivity index (χ3v) is 8.64. The minimum absolute atomic E-state index is 0.0366. The number of rotatable bonds is 12. The van der Waals surface area contributed by atoms with E-state index >= 15 is 0 Å². The highest BCUT2D eigenvalue weighted by molar-refractivity contribution is 6.31. The van der Waals surface area contributed by atoms with Crippen LogP contribution >= 0.6 is 11.6 Å². The second-order valence-corrected chi connectivity index (χ2v) is 11.8. The van der Waals surface area contributed by atoms with Gasteiger partial charge in [-0.25, -0.2) is 9.37 Å². The smallest absolute Gasteiger partial charge is 0.242 e. The Morgan fingerprint density at radius 2 is 2.00 bits per heavy atom. The Balaban J connectivity index is 1.61. The SMILES string of the molecule is CCNC(=O)[C@H](NC(=O)C(C)(COC)c1ccc2nc(CC(c3cccc(F)c3Cl)C(C)C)[nH]c2c1)C1CCC1. The van der Waals surface area contributed by atoms with Gasteiger partial charge in [-0.1, -0.05) is 50.1 Å². The first-order valence-corrected chi connectivity index (χ1v) is 14.5. The van der Waals surface area contributed by atoms with Crippen LogP contribution in [0.3, 0.4) is 0 Å². The number of halogens is 2. The maximum Gasteiger partial charge on any atom is 0.242 e. The van der Waals surface area contributed by atoms with E-state index in [1.807, 2.05) is 38.1 Å². The van der Waals surface area contributed by atoms with Crippen LogP contribution in [0.25, 0.3) is 11.0 Å². The minimum Gasteiger partial charge on any atom is -0.383 e. The van der Waals surface area contributed by atoms with Gasteiger partial charge in [0, 0.05) is 20.1 Å². The molecule has 3 atom stereocenters. The number of likely N-dealkylation sites (N-methyl/N-ethyl adjacent to an activating group) is 1. The minimum atomic E-state index is -1.03. The lowest BCUT2D eigenvalue weighted by molar-refractivity contribution is -0.135. The van der Waals surface area contributed by atoms with Crippen molar-refractivity contribution in [3.63, 3.8) is 0 Å². The number of hydrogen-bond acceptors (Lipinski definition) is 4. The molecule has 1 aliphatic carbocycles. The van der Waals surface area contributed by atoms with E-state index in [0.29, 0.717) is 13.0 Å². The van der Waals surface area contributed by atoms with Crippen molar-refractivity contribution in [2.45, 2.75) is 70.8 Å². The van der Waals surface area contributed by atoms with Crippen LogP contribution < -0.4 is 10.6 Å². The van der Waals surface area contributed by atoms with Crippen molar-refractivity contribution in [3.8, 4) is 0 Å². The maximum absolute atomic E-state index is 14.2. The van der Waals surface area contributed by atoms with Crippen molar-refractivity contribution in [2.24, 2.45) is 11.8 Å². The lowest BCUT2D eigenvalue weighted by Gasteiger charge is -2.36. The Morgan fingerprint density at radius 3 is 2.62 bits per heavy atom. The summed E-state index contributed by atoms with van der Waals surface area (Å²) in [7, 11) is 1.56. The molecule has 2 unspecified atom stereocenters. The molecular weight excluding hydrogens is 531 g/mol. The maximum atomic E-state index is 14.2. The van der Waals surface area contributed by atoms with Crippen molar-refractivity contribution < 1.29 is 18.7 Å². The number of nitrogens with one attached hydrogen (secondary N) is 3. The average Bonchev–Trinajstić information content (AvgIpc) is 3.29. The number of H-pyrrole nitrogens is 1. The van der Waals surface area contributed by atoms with Crippen molar-refractivity contribution >= 4 is 34.4 Å². The Hall–Kier alpha value is -2.97. The van der Waals surface area contributed by atoms with Crippen LogP contribution in [-0.2, 0) is 26.2 Å². The number of benzene rings is 2. The molecular formula is C31H40ClFN4O3. The van der Waals surface area contributed by atoms with E-state index in [1.165, 1.54) is 6.07 Å². The monoisotopic (exact) mass is 570 g/mol. The number of aromatic nitrogens is 2. The molecule has 1 heterocycles. The van der Waals surface area contributed by atoms with E-state index in [9.17, 15) is 14.0 Å². The summed E-state index contributed by atoms with van der Waals surface area (Å²) >= 11 is 6.33. The van der Waals surface area contributed by atoms with Crippen LogP contribution in [0.15, 0.2) is 36.4 Å². The quantitative estimate of drug-likeness (QED) is 0.262. The van der Waals surface area contributed by atoms with Gasteiger partial charge in [-0.15, -0.1) is 0 Å². The highest BCUT2D eigenvalue weighted by atomic mass is 35.5. The van der Waals surface area contributed by atoms with Crippen molar-refractivity contribution in [1.82, 2.24) is 20.6 Å². The van der Waals surface area contributed by atoms with Gasteiger partial charge in [-0.2, -0.15) is 0 Å². The largest absolute Gasteiger partial charge is 0.383 e. The van der Waals surface area contributed by atoms with Gasteiger partial charge in [0.1, 0.15) is 17.7 Å². The number of fused-ring (bicyclic) bond motifs is 1. The molecule has 1 aromatic heterocycles. The third kappa shape index (κ3) is 6.18. The Morgan fingerprint density at radius 1 is 1.25 bits per heavy atom. The summed E-state index contributed by atoms with van der Waals surface area (Å²) in [5.41, 5.74) is 2.04. The van der Waals surface area contributed by atoms with Crippen LogP contribution in [0.2, 0.25) is 5.02 Å².